The van der Waals surface area contributed by atoms with Crippen LogP contribution in [0.15, 0.2) is 30.6 Å². The van der Waals surface area contributed by atoms with Crippen molar-refractivity contribution in [3.63, 3.8) is 0 Å². The molecular formula is C22H27N5O3. The molecule has 1 saturated heterocycles. The number of aliphatic hydroxyl groups excluding tert-OH is 1. The predicted octanol–water partition coefficient (Wildman–Crippen LogP) is 3.39. The lowest BCUT2D eigenvalue weighted by atomic mass is 9.81. The van der Waals surface area contributed by atoms with Crippen molar-refractivity contribution in [1.29, 1.82) is 0 Å². The van der Waals surface area contributed by atoms with Gasteiger partial charge in [-0.2, -0.15) is 0 Å². The summed E-state index contributed by atoms with van der Waals surface area (Å²) in [6, 6.07) is -0.216. The maximum atomic E-state index is 12.7. The van der Waals surface area contributed by atoms with Crippen LogP contribution in [-0.2, 0) is 0 Å². The number of aliphatic hydroxyl groups is 1. The number of hydrogen-bond donors (Lipinski definition) is 2. The first-order valence-corrected chi connectivity index (χ1v) is 10.3. The van der Waals surface area contributed by atoms with Crippen LogP contribution in [0.1, 0.15) is 38.2 Å². The standard InChI is InChI=1S/C22H27N5O3/c1-22(14-28)8-10-27(11-9-22)21(29)26-17-13-23-18-16(15-6-4-3-5-7-15)12-24-20(30-2)19(18)25-17/h3-4,6,12-13,28H,5,7-11,14H2,1-2H3,(H,25,26,29). The van der Waals surface area contributed by atoms with Crippen LogP contribution in [0, 0.1) is 5.41 Å². The number of likely N-dealkylation sites (tertiary alicyclic amines) is 1. The highest BCUT2D eigenvalue weighted by molar-refractivity contribution is 5.94. The van der Waals surface area contributed by atoms with Gasteiger partial charge in [-0.15, -0.1) is 0 Å². The second-order valence-electron chi connectivity index (χ2n) is 8.18. The number of fused-ring (bicyclic) bond motifs is 1. The molecule has 1 fully saturated rings. The van der Waals surface area contributed by atoms with Gasteiger partial charge in [0.2, 0.25) is 5.88 Å². The highest BCUT2D eigenvalue weighted by atomic mass is 16.5. The van der Waals surface area contributed by atoms with Gasteiger partial charge in [0.1, 0.15) is 5.52 Å². The Bertz CT molecular complexity index is 1010. The summed E-state index contributed by atoms with van der Waals surface area (Å²) in [6.45, 7) is 3.38. The Kier molecular flexibility index (Phi) is 5.67. The number of ether oxygens (including phenoxy) is 1. The summed E-state index contributed by atoms with van der Waals surface area (Å²) in [5.41, 5.74) is 3.20. The van der Waals surface area contributed by atoms with Crippen molar-refractivity contribution < 1.29 is 14.6 Å². The summed E-state index contributed by atoms with van der Waals surface area (Å²) in [5.74, 6) is 0.735. The van der Waals surface area contributed by atoms with Gasteiger partial charge >= 0.3 is 6.03 Å². The molecule has 30 heavy (non-hydrogen) atoms. The van der Waals surface area contributed by atoms with Gasteiger partial charge in [-0.1, -0.05) is 25.2 Å². The highest BCUT2D eigenvalue weighted by Gasteiger charge is 2.31. The van der Waals surface area contributed by atoms with Crippen molar-refractivity contribution in [2.45, 2.75) is 32.6 Å². The highest BCUT2D eigenvalue weighted by Crippen LogP contribution is 2.32. The lowest BCUT2D eigenvalue weighted by Gasteiger charge is -2.37. The smallest absolute Gasteiger partial charge is 0.323 e. The van der Waals surface area contributed by atoms with E-state index in [2.05, 4.69) is 32.4 Å². The number of aromatic nitrogens is 3. The number of urea groups is 1. The molecule has 0 atom stereocenters. The average molecular weight is 409 g/mol. The van der Waals surface area contributed by atoms with Crippen molar-refractivity contribution in [1.82, 2.24) is 19.9 Å². The van der Waals surface area contributed by atoms with Crippen LogP contribution in [0.3, 0.4) is 0 Å². The first-order valence-electron chi connectivity index (χ1n) is 10.3. The topological polar surface area (TPSA) is 100 Å². The van der Waals surface area contributed by atoms with Gasteiger partial charge in [0.05, 0.1) is 13.3 Å². The molecule has 3 heterocycles. The molecule has 0 unspecified atom stereocenters. The van der Waals surface area contributed by atoms with E-state index in [1.165, 1.54) is 0 Å². The third-order valence-corrected chi connectivity index (χ3v) is 5.97. The molecule has 2 amide bonds. The van der Waals surface area contributed by atoms with Crippen molar-refractivity contribution in [3.05, 3.63) is 36.2 Å². The minimum Gasteiger partial charge on any atom is -0.479 e. The zero-order valence-electron chi connectivity index (χ0n) is 17.4. The van der Waals surface area contributed by atoms with E-state index in [-0.39, 0.29) is 18.1 Å². The molecule has 1 aliphatic carbocycles. The fourth-order valence-corrected chi connectivity index (χ4v) is 3.85. The number of carbonyl (C=O) groups excluding carboxylic acids is 1. The number of nitrogens with one attached hydrogen (secondary N) is 1. The molecule has 2 aromatic rings. The van der Waals surface area contributed by atoms with Crippen LogP contribution in [0.5, 0.6) is 5.88 Å². The van der Waals surface area contributed by atoms with E-state index in [1.807, 2.05) is 13.0 Å². The third-order valence-electron chi connectivity index (χ3n) is 5.97. The van der Waals surface area contributed by atoms with Gasteiger partial charge in [-0.3, -0.25) is 5.32 Å². The predicted molar refractivity (Wildman–Crippen MR) is 115 cm³/mol. The van der Waals surface area contributed by atoms with Crippen LogP contribution < -0.4 is 10.1 Å². The van der Waals surface area contributed by atoms with Gasteiger partial charge in [0.15, 0.2) is 11.3 Å². The second kappa shape index (κ2) is 8.39. The van der Waals surface area contributed by atoms with E-state index in [0.717, 1.165) is 36.8 Å². The molecule has 4 rings (SSSR count). The van der Waals surface area contributed by atoms with Gasteiger partial charge in [0.25, 0.3) is 0 Å². The summed E-state index contributed by atoms with van der Waals surface area (Å²) < 4.78 is 5.39. The molecule has 1 aliphatic heterocycles. The molecule has 0 radical (unpaired) electrons. The van der Waals surface area contributed by atoms with Crippen LogP contribution in [-0.4, -0.2) is 57.8 Å². The fraction of sp³-hybridized carbons (Fsp3) is 0.455. The number of anilines is 1. The minimum atomic E-state index is -0.216. The number of hydrogen-bond acceptors (Lipinski definition) is 6. The molecule has 0 spiro atoms. The van der Waals surface area contributed by atoms with Crippen molar-refractivity contribution in [2.75, 3.05) is 32.1 Å². The Morgan fingerprint density at radius 2 is 2.07 bits per heavy atom. The molecule has 0 saturated carbocycles. The number of methoxy groups -OCH3 is 1. The van der Waals surface area contributed by atoms with E-state index >= 15 is 0 Å². The zero-order chi connectivity index (χ0) is 21.1. The largest absolute Gasteiger partial charge is 0.479 e. The number of rotatable bonds is 4. The van der Waals surface area contributed by atoms with Crippen LogP contribution in [0.2, 0.25) is 0 Å². The maximum Gasteiger partial charge on any atom is 0.323 e. The van der Waals surface area contributed by atoms with E-state index in [4.69, 9.17) is 4.74 Å². The molecular weight excluding hydrogens is 382 g/mol. The number of amides is 2. The Morgan fingerprint density at radius 1 is 1.27 bits per heavy atom. The average Bonchev–Trinajstić information content (AvgIpc) is 2.79. The normalized spacial score (nSPS) is 18.2. The number of pyridine rings is 1. The molecule has 0 aromatic carbocycles. The van der Waals surface area contributed by atoms with E-state index in [9.17, 15) is 9.90 Å². The summed E-state index contributed by atoms with van der Waals surface area (Å²) in [6.07, 6.45) is 13.0. The third kappa shape index (κ3) is 4.00. The number of piperidine rings is 1. The molecule has 2 N–H and O–H groups in total. The van der Waals surface area contributed by atoms with Gasteiger partial charge < -0.3 is 14.7 Å². The van der Waals surface area contributed by atoms with Gasteiger partial charge in [-0.05, 0) is 36.7 Å². The first-order chi connectivity index (χ1) is 14.5. The Balaban J connectivity index is 1.58. The summed E-state index contributed by atoms with van der Waals surface area (Å²) in [7, 11) is 1.54. The Morgan fingerprint density at radius 3 is 2.73 bits per heavy atom. The van der Waals surface area contributed by atoms with Gasteiger partial charge in [-0.25, -0.2) is 19.7 Å². The minimum absolute atomic E-state index is 0.113. The van der Waals surface area contributed by atoms with Crippen molar-refractivity contribution >= 4 is 28.5 Å². The maximum absolute atomic E-state index is 12.7. The molecule has 8 heteroatoms. The number of nitrogens with zero attached hydrogens (tertiary/aromatic N) is 4. The summed E-state index contributed by atoms with van der Waals surface area (Å²) >= 11 is 0. The summed E-state index contributed by atoms with van der Waals surface area (Å²) in [4.78, 5) is 28.0. The lowest BCUT2D eigenvalue weighted by Crippen LogP contribution is -2.45. The molecule has 0 bridgehead atoms. The quantitative estimate of drug-likeness (QED) is 0.803. The van der Waals surface area contributed by atoms with Crippen LogP contribution in [0.4, 0.5) is 10.6 Å². The first kappa shape index (κ1) is 20.3. The van der Waals surface area contributed by atoms with E-state index in [1.54, 1.807) is 24.4 Å². The van der Waals surface area contributed by atoms with Crippen LogP contribution in [0.25, 0.3) is 16.6 Å². The molecule has 2 aromatic heterocycles. The van der Waals surface area contributed by atoms with Crippen molar-refractivity contribution in [3.8, 4) is 5.88 Å². The van der Waals surface area contributed by atoms with E-state index in [0.29, 0.717) is 35.8 Å². The molecule has 2 aliphatic rings. The van der Waals surface area contributed by atoms with Crippen LogP contribution >= 0.6 is 0 Å². The fourth-order valence-electron chi connectivity index (χ4n) is 3.85. The number of carbonyl (C=O) groups is 1. The van der Waals surface area contributed by atoms with E-state index < -0.39 is 0 Å². The molecule has 8 nitrogen and oxygen atoms in total. The zero-order valence-corrected chi connectivity index (χ0v) is 17.4. The molecule has 158 valence electrons. The Labute approximate surface area is 175 Å². The Hall–Kier alpha value is -3.00. The second-order valence-corrected chi connectivity index (χ2v) is 8.18. The van der Waals surface area contributed by atoms with Gasteiger partial charge in [0, 0.05) is 31.5 Å². The monoisotopic (exact) mass is 409 g/mol. The van der Waals surface area contributed by atoms with Crippen molar-refractivity contribution in [2.24, 2.45) is 5.41 Å². The lowest BCUT2D eigenvalue weighted by molar-refractivity contribution is 0.0727. The SMILES string of the molecule is COc1ncc(C2=CC=CCC2)c2ncc(NC(=O)N3CCC(C)(CO)CC3)nc12. The number of allylic oxidation sites excluding steroid dienone is 4. The summed E-state index contributed by atoms with van der Waals surface area (Å²) in [5, 5.41) is 12.4.